The summed E-state index contributed by atoms with van der Waals surface area (Å²) in [5.74, 6) is 0. The van der Waals surface area contributed by atoms with E-state index in [0.29, 0.717) is 0 Å². The molecule has 0 amide bonds. The van der Waals surface area contributed by atoms with Crippen LogP contribution in [0.5, 0.6) is 0 Å². The zero-order valence-electron chi connectivity index (χ0n) is 5.53. The molecule has 0 aromatic carbocycles. The minimum atomic E-state index is -1.24. The molecule has 0 aliphatic carbocycles. The normalized spacial score (nSPS) is 24.8. The van der Waals surface area contributed by atoms with Gasteiger partial charge in [-0.25, -0.2) is 0 Å². The number of nitrogens with one attached hydrogen (secondary N) is 1. The van der Waals surface area contributed by atoms with E-state index in [1.807, 2.05) is 14.2 Å². The fourth-order valence-electron chi connectivity index (χ4n) is 1.05. The van der Waals surface area contributed by atoms with Crippen LogP contribution in [0.15, 0.2) is 0 Å². The zero-order chi connectivity index (χ0) is 6.04. The molecule has 0 bridgehead atoms. The molecule has 0 aromatic heterocycles. The molecule has 0 spiro atoms. The van der Waals surface area contributed by atoms with Crippen LogP contribution in [-0.4, -0.2) is 22.6 Å². The maximum Gasteiger partial charge on any atom is 0.268 e. The molecule has 1 heterocycles. The second-order valence-electron chi connectivity index (χ2n) is 2.30. The maximum absolute atomic E-state index is 5.35. The SMILES string of the molecule is CN[Si]1(OC)CCC1. The quantitative estimate of drug-likeness (QED) is 0.557. The van der Waals surface area contributed by atoms with E-state index in [1.54, 1.807) is 0 Å². The van der Waals surface area contributed by atoms with Gasteiger partial charge in [-0.1, -0.05) is 6.42 Å². The van der Waals surface area contributed by atoms with Crippen LogP contribution in [0.4, 0.5) is 0 Å². The average molecular weight is 131 g/mol. The van der Waals surface area contributed by atoms with Crippen molar-refractivity contribution in [1.29, 1.82) is 0 Å². The lowest BCUT2D eigenvalue weighted by molar-refractivity contribution is 0.360. The van der Waals surface area contributed by atoms with E-state index in [9.17, 15) is 0 Å². The molecule has 1 rings (SSSR count). The van der Waals surface area contributed by atoms with Gasteiger partial charge in [0.2, 0.25) is 0 Å². The monoisotopic (exact) mass is 131 g/mol. The highest BCUT2D eigenvalue weighted by Crippen LogP contribution is 2.29. The standard InChI is InChI=1S/C5H13NOSi/c1-6-8(7-2)4-3-5-8/h6H,3-5H2,1-2H3. The molecule has 1 N–H and O–H groups in total. The van der Waals surface area contributed by atoms with Crippen LogP contribution in [0.25, 0.3) is 0 Å². The molecule has 1 aliphatic rings. The Kier molecular flexibility index (Phi) is 1.70. The van der Waals surface area contributed by atoms with Crippen molar-refractivity contribution in [2.45, 2.75) is 18.5 Å². The third kappa shape index (κ3) is 0.810. The van der Waals surface area contributed by atoms with Gasteiger partial charge < -0.3 is 9.41 Å². The minimum Gasteiger partial charge on any atom is -0.406 e. The third-order valence-electron chi connectivity index (χ3n) is 2.01. The summed E-state index contributed by atoms with van der Waals surface area (Å²) in [5.41, 5.74) is 0. The fourth-order valence-corrected chi connectivity index (χ4v) is 3.16. The summed E-state index contributed by atoms with van der Waals surface area (Å²) >= 11 is 0. The van der Waals surface area contributed by atoms with Gasteiger partial charge in [-0.05, 0) is 19.1 Å². The van der Waals surface area contributed by atoms with Crippen molar-refractivity contribution in [2.75, 3.05) is 14.2 Å². The molecule has 1 fully saturated rings. The molecule has 1 saturated heterocycles. The Morgan fingerprint density at radius 3 is 2.12 bits per heavy atom. The second-order valence-corrected chi connectivity index (χ2v) is 6.20. The van der Waals surface area contributed by atoms with Crippen LogP contribution in [-0.2, 0) is 4.43 Å². The Hall–Kier alpha value is 0.137. The maximum atomic E-state index is 5.35. The van der Waals surface area contributed by atoms with Gasteiger partial charge in [0.15, 0.2) is 0 Å². The molecule has 1 aliphatic heterocycles. The molecule has 0 unspecified atom stereocenters. The van der Waals surface area contributed by atoms with E-state index in [2.05, 4.69) is 4.98 Å². The molecular weight excluding hydrogens is 118 g/mol. The first-order chi connectivity index (χ1) is 3.83. The molecule has 0 saturated carbocycles. The highest BCUT2D eigenvalue weighted by molar-refractivity contribution is 6.73. The molecule has 48 valence electrons. The Bertz CT molecular complexity index is 69.0. The van der Waals surface area contributed by atoms with Crippen molar-refractivity contribution in [3.8, 4) is 0 Å². The number of rotatable bonds is 2. The predicted molar refractivity (Wildman–Crippen MR) is 36.1 cm³/mol. The molecule has 3 heteroatoms. The summed E-state index contributed by atoms with van der Waals surface area (Å²) in [6, 6.07) is 2.61. The topological polar surface area (TPSA) is 21.3 Å². The second kappa shape index (κ2) is 2.17. The Labute approximate surface area is 51.4 Å². The summed E-state index contributed by atoms with van der Waals surface area (Å²) in [4.78, 5) is 3.28. The Morgan fingerprint density at radius 1 is 1.50 bits per heavy atom. The number of hydrogen-bond donors (Lipinski definition) is 1. The van der Waals surface area contributed by atoms with Gasteiger partial charge in [0.1, 0.15) is 0 Å². The first kappa shape index (κ1) is 6.26. The zero-order valence-corrected chi connectivity index (χ0v) is 6.53. The summed E-state index contributed by atoms with van der Waals surface area (Å²) in [5, 5.41) is 0. The van der Waals surface area contributed by atoms with Crippen molar-refractivity contribution in [2.24, 2.45) is 0 Å². The highest BCUT2D eigenvalue weighted by Gasteiger charge is 2.39. The van der Waals surface area contributed by atoms with Gasteiger partial charge in [-0.3, -0.25) is 0 Å². The van der Waals surface area contributed by atoms with Crippen molar-refractivity contribution < 1.29 is 4.43 Å². The number of hydrogen-bond acceptors (Lipinski definition) is 2. The van der Waals surface area contributed by atoms with E-state index in [1.165, 1.54) is 18.5 Å². The smallest absolute Gasteiger partial charge is 0.268 e. The van der Waals surface area contributed by atoms with Crippen molar-refractivity contribution in [1.82, 2.24) is 4.98 Å². The molecule has 8 heavy (non-hydrogen) atoms. The lowest BCUT2D eigenvalue weighted by atomic mass is 10.5. The van der Waals surface area contributed by atoms with E-state index in [-0.39, 0.29) is 0 Å². The fraction of sp³-hybridized carbons (Fsp3) is 1.00. The largest absolute Gasteiger partial charge is 0.406 e. The van der Waals surface area contributed by atoms with Crippen LogP contribution >= 0.6 is 0 Å². The molecule has 2 nitrogen and oxygen atoms in total. The van der Waals surface area contributed by atoms with Crippen LogP contribution in [0, 0.1) is 0 Å². The molecule has 0 atom stereocenters. The van der Waals surface area contributed by atoms with Gasteiger partial charge in [-0.15, -0.1) is 0 Å². The van der Waals surface area contributed by atoms with Crippen molar-refractivity contribution in [3.05, 3.63) is 0 Å². The molecule has 0 radical (unpaired) electrons. The summed E-state index contributed by atoms with van der Waals surface area (Å²) < 4.78 is 5.35. The van der Waals surface area contributed by atoms with Gasteiger partial charge >= 0.3 is 0 Å². The van der Waals surface area contributed by atoms with E-state index in [4.69, 9.17) is 4.43 Å². The third-order valence-corrected chi connectivity index (χ3v) is 6.02. The lowest BCUT2D eigenvalue weighted by Crippen LogP contribution is -2.55. The van der Waals surface area contributed by atoms with Crippen molar-refractivity contribution in [3.63, 3.8) is 0 Å². The van der Waals surface area contributed by atoms with E-state index >= 15 is 0 Å². The van der Waals surface area contributed by atoms with E-state index in [0.717, 1.165) is 0 Å². The summed E-state index contributed by atoms with van der Waals surface area (Å²) in [7, 11) is 2.59. The predicted octanol–water partition coefficient (Wildman–Crippen LogP) is 0.698. The van der Waals surface area contributed by atoms with Crippen LogP contribution in [0.3, 0.4) is 0 Å². The van der Waals surface area contributed by atoms with Gasteiger partial charge in [0, 0.05) is 7.11 Å². The Morgan fingerprint density at radius 2 is 2.12 bits per heavy atom. The van der Waals surface area contributed by atoms with E-state index < -0.39 is 8.48 Å². The van der Waals surface area contributed by atoms with Gasteiger partial charge in [0.05, 0.1) is 0 Å². The Balaban J connectivity index is 2.33. The average Bonchev–Trinajstić information content (AvgIpc) is 1.67. The lowest BCUT2D eigenvalue weighted by Gasteiger charge is -2.36. The van der Waals surface area contributed by atoms with Crippen LogP contribution in [0.1, 0.15) is 6.42 Å². The minimum absolute atomic E-state index is 1.24. The molecular formula is C5H13NOSi. The van der Waals surface area contributed by atoms with Crippen LogP contribution < -0.4 is 4.98 Å². The van der Waals surface area contributed by atoms with Gasteiger partial charge in [-0.2, -0.15) is 0 Å². The van der Waals surface area contributed by atoms with Gasteiger partial charge in [0.25, 0.3) is 8.48 Å². The summed E-state index contributed by atoms with van der Waals surface area (Å²) in [6.45, 7) is 0. The first-order valence-electron chi connectivity index (χ1n) is 3.07. The first-order valence-corrected chi connectivity index (χ1v) is 5.39. The summed E-state index contributed by atoms with van der Waals surface area (Å²) in [6.07, 6.45) is 1.36. The highest BCUT2D eigenvalue weighted by atomic mass is 28.4. The van der Waals surface area contributed by atoms with Crippen LogP contribution in [0.2, 0.25) is 12.1 Å². The molecule has 0 aromatic rings. The van der Waals surface area contributed by atoms with Crippen molar-refractivity contribution >= 4 is 8.48 Å².